The number of carbonyl (C=O) groups is 2. The Morgan fingerprint density at radius 3 is 2.44 bits per heavy atom. The highest BCUT2D eigenvalue weighted by molar-refractivity contribution is 5.79. The van der Waals surface area contributed by atoms with E-state index in [4.69, 9.17) is 0 Å². The SMILES string of the molecule is CCCNC(=O)CCNC(=O)CC1CCNCC1. The Labute approximate surface area is 109 Å². The van der Waals surface area contributed by atoms with E-state index in [1.807, 2.05) is 6.92 Å². The summed E-state index contributed by atoms with van der Waals surface area (Å²) in [5.41, 5.74) is 0. The van der Waals surface area contributed by atoms with E-state index in [2.05, 4.69) is 16.0 Å². The molecule has 2 amide bonds. The maximum Gasteiger partial charge on any atom is 0.221 e. The van der Waals surface area contributed by atoms with Crippen LogP contribution in [-0.4, -0.2) is 38.0 Å². The van der Waals surface area contributed by atoms with Crippen LogP contribution in [0, 0.1) is 5.92 Å². The minimum absolute atomic E-state index is 0.0130. The third-order valence-corrected chi connectivity index (χ3v) is 3.18. The van der Waals surface area contributed by atoms with E-state index in [1.165, 1.54) is 0 Å². The van der Waals surface area contributed by atoms with E-state index in [9.17, 15) is 9.59 Å². The molecule has 1 rings (SSSR count). The lowest BCUT2D eigenvalue weighted by atomic mass is 9.94. The van der Waals surface area contributed by atoms with Gasteiger partial charge in [-0.1, -0.05) is 6.92 Å². The number of carbonyl (C=O) groups excluding carboxylic acids is 2. The Morgan fingerprint density at radius 2 is 1.78 bits per heavy atom. The zero-order valence-corrected chi connectivity index (χ0v) is 11.3. The second-order valence-corrected chi connectivity index (χ2v) is 4.85. The van der Waals surface area contributed by atoms with E-state index >= 15 is 0 Å². The molecule has 0 aromatic heterocycles. The highest BCUT2D eigenvalue weighted by atomic mass is 16.2. The summed E-state index contributed by atoms with van der Waals surface area (Å²) in [6.45, 7) is 5.19. The van der Waals surface area contributed by atoms with Crippen molar-refractivity contribution in [3.05, 3.63) is 0 Å². The summed E-state index contributed by atoms with van der Waals surface area (Å²) in [4.78, 5) is 22.9. The summed E-state index contributed by atoms with van der Waals surface area (Å²) in [6, 6.07) is 0. The van der Waals surface area contributed by atoms with E-state index in [0.29, 0.717) is 31.8 Å². The molecule has 0 bridgehead atoms. The van der Waals surface area contributed by atoms with Gasteiger partial charge in [-0.15, -0.1) is 0 Å². The highest BCUT2D eigenvalue weighted by Gasteiger charge is 2.16. The number of rotatable bonds is 7. The monoisotopic (exact) mass is 255 g/mol. The largest absolute Gasteiger partial charge is 0.356 e. The molecule has 3 N–H and O–H groups in total. The second-order valence-electron chi connectivity index (χ2n) is 4.85. The van der Waals surface area contributed by atoms with Gasteiger partial charge < -0.3 is 16.0 Å². The van der Waals surface area contributed by atoms with E-state index in [-0.39, 0.29) is 11.8 Å². The fourth-order valence-corrected chi connectivity index (χ4v) is 2.09. The average Bonchev–Trinajstić information content (AvgIpc) is 2.37. The van der Waals surface area contributed by atoms with Crippen LogP contribution in [-0.2, 0) is 9.59 Å². The lowest BCUT2D eigenvalue weighted by molar-refractivity contribution is -0.123. The number of piperidine rings is 1. The fourth-order valence-electron chi connectivity index (χ4n) is 2.09. The molecule has 0 atom stereocenters. The molecule has 0 aromatic rings. The van der Waals surface area contributed by atoms with Crippen LogP contribution in [0.15, 0.2) is 0 Å². The Balaban J connectivity index is 2.04. The average molecular weight is 255 g/mol. The summed E-state index contributed by atoms with van der Waals surface area (Å²) in [7, 11) is 0. The molecule has 1 aliphatic rings. The first-order valence-corrected chi connectivity index (χ1v) is 6.96. The van der Waals surface area contributed by atoms with Gasteiger partial charge in [-0.2, -0.15) is 0 Å². The van der Waals surface area contributed by atoms with Crippen molar-refractivity contribution in [3.63, 3.8) is 0 Å². The van der Waals surface area contributed by atoms with Gasteiger partial charge in [-0.25, -0.2) is 0 Å². The fraction of sp³-hybridized carbons (Fsp3) is 0.846. The van der Waals surface area contributed by atoms with E-state index < -0.39 is 0 Å². The van der Waals surface area contributed by atoms with Crippen molar-refractivity contribution >= 4 is 11.8 Å². The van der Waals surface area contributed by atoms with Crippen molar-refractivity contribution in [1.29, 1.82) is 0 Å². The molecular weight excluding hydrogens is 230 g/mol. The topological polar surface area (TPSA) is 70.2 Å². The van der Waals surface area contributed by atoms with Crippen LogP contribution in [0.1, 0.15) is 39.0 Å². The molecule has 0 saturated carbocycles. The van der Waals surface area contributed by atoms with Crippen molar-refractivity contribution in [2.75, 3.05) is 26.2 Å². The van der Waals surface area contributed by atoms with Crippen molar-refractivity contribution in [2.45, 2.75) is 39.0 Å². The molecule has 18 heavy (non-hydrogen) atoms. The van der Waals surface area contributed by atoms with Crippen LogP contribution in [0.3, 0.4) is 0 Å². The van der Waals surface area contributed by atoms with Gasteiger partial charge in [0.05, 0.1) is 0 Å². The molecule has 0 aliphatic carbocycles. The third-order valence-electron chi connectivity index (χ3n) is 3.18. The van der Waals surface area contributed by atoms with Crippen LogP contribution in [0.2, 0.25) is 0 Å². The van der Waals surface area contributed by atoms with Crippen molar-refractivity contribution in [1.82, 2.24) is 16.0 Å². The predicted molar refractivity (Wildman–Crippen MR) is 71.1 cm³/mol. The van der Waals surface area contributed by atoms with Crippen LogP contribution in [0.5, 0.6) is 0 Å². The van der Waals surface area contributed by atoms with Crippen molar-refractivity contribution in [3.8, 4) is 0 Å². The lowest BCUT2D eigenvalue weighted by Crippen LogP contribution is -2.34. The minimum Gasteiger partial charge on any atom is -0.356 e. The number of hydrogen-bond donors (Lipinski definition) is 3. The van der Waals surface area contributed by atoms with Gasteiger partial charge in [0.1, 0.15) is 0 Å². The molecule has 0 radical (unpaired) electrons. The molecule has 104 valence electrons. The second kappa shape index (κ2) is 8.91. The maximum atomic E-state index is 11.6. The Bertz CT molecular complexity index is 263. The van der Waals surface area contributed by atoms with E-state index in [1.54, 1.807) is 0 Å². The van der Waals surface area contributed by atoms with Gasteiger partial charge in [-0.05, 0) is 38.3 Å². The van der Waals surface area contributed by atoms with Crippen LogP contribution >= 0.6 is 0 Å². The Morgan fingerprint density at radius 1 is 1.11 bits per heavy atom. The summed E-state index contributed by atoms with van der Waals surface area (Å²) >= 11 is 0. The Hall–Kier alpha value is -1.10. The quantitative estimate of drug-likeness (QED) is 0.617. The van der Waals surface area contributed by atoms with Crippen LogP contribution < -0.4 is 16.0 Å². The maximum absolute atomic E-state index is 11.6. The van der Waals surface area contributed by atoms with Crippen LogP contribution in [0.25, 0.3) is 0 Å². The highest BCUT2D eigenvalue weighted by Crippen LogP contribution is 2.15. The first-order valence-electron chi connectivity index (χ1n) is 6.96. The zero-order valence-electron chi connectivity index (χ0n) is 11.3. The van der Waals surface area contributed by atoms with Gasteiger partial charge in [0, 0.05) is 25.9 Å². The van der Waals surface area contributed by atoms with Gasteiger partial charge in [0.15, 0.2) is 0 Å². The summed E-state index contributed by atoms with van der Waals surface area (Å²) in [6.07, 6.45) is 4.05. The molecule has 0 spiro atoms. The van der Waals surface area contributed by atoms with E-state index in [0.717, 1.165) is 32.4 Å². The van der Waals surface area contributed by atoms with Crippen molar-refractivity contribution < 1.29 is 9.59 Å². The van der Waals surface area contributed by atoms with Crippen LogP contribution in [0.4, 0.5) is 0 Å². The van der Waals surface area contributed by atoms with Gasteiger partial charge >= 0.3 is 0 Å². The molecule has 0 unspecified atom stereocenters. The zero-order chi connectivity index (χ0) is 13.2. The first-order chi connectivity index (χ1) is 8.72. The van der Waals surface area contributed by atoms with Gasteiger partial charge in [0.2, 0.25) is 11.8 Å². The number of hydrogen-bond acceptors (Lipinski definition) is 3. The molecule has 5 nitrogen and oxygen atoms in total. The molecule has 1 fully saturated rings. The third kappa shape index (κ3) is 6.59. The molecular formula is C13H25N3O2. The van der Waals surface area contributed by atoms with Gasteiger partial charge in [-0.3, -0.25) is 9.59 Å². The predicted octanol–water partition coefficient (Wildman–Crippen LogP) is 0.409. The first kappa shape index (κ1) is 15.0. The van der Waals surface area contributed by atoms with Crippen molar-refractivity contribution in [2.24, 2.45) is 5.92 Å². The molecule has 1 heterocycles. The molecule has 5 heteroatoms. The lowest BCUT2D eigenvalue weighted by Gasteiger charge is -2.21. The molecule has 1 aliphatic heterocycles. The molecule has 1 saturated heterocycles. The summed E-state index contributed by atoms with van der Waals surface area (Å²) in [5, 5.41) is 8.89. The number of amides is 2. The Kier molecular flexibility index (Phi) is 7.41. The summed E-state index contributed by atoms with van der Waals surface area (Å²) in [5.74, 6) is 0.587. The number of nitrogens with one attached hydrogen (secondary N) is 3. The standard InChI is InChI=1S/C13H25N3O2/c1-2-6-15-12(17)5-9-16-13(18)10-11-3-7-14-8-4-11/h11,14H,2-10H2,1H3,(H,15,17)(H,16,18). The summed E-state index contributed by atoms with van der Waals surface area (Å²) < 4.78 is 0. The normalized spacial score (nSPS) is 16.3. The minimum atomic E-state index is 0.0130. The van der Waals surface area contributed by atoms with Gasteiger partial charge in [0.25, 0.3) is 0 Å². The molecule has 0 aromatic carbocycles. The smallest absolute Gasteiger partial charge is 0.221 e.